The third kappa shape index (κ3) is 4.80. The lowest BCUT2D eigenvalue weighted by molar-refractivity contribution is -0.136. The lowest BCUT2D eigenvalue weighted by Crippen LogP contribution is -2.37. The molecule has 7 heteroatoms. The highest BCUT2D eigenvalue weighted by Gasteiger charge is 2.18. The highest BCUT2D eigenvalue weighted by atomic mass is 35.5. The largest absolute Gasteiger partial charge is 0.374 e. The highest BCUT2D eigenvalue weighted by molar-refractivity contribution is 7.12. The number of hydrogen-bond donors (Lipinski definition) is 2. The molecule has 0 aliphatic carbocycles. The van der Waals surface area contributed by atoms with Crippen LogP contribution in [0.5, 0.6) is 0 Å². The van der Waals surface area contributed by atoms with Crippen molar-refractivity contribution >= 4 is 40.4 Å². The van der Waals surface area contributed by atoms with Gasteiger partial charge in [0.2, 0.25) is 0 Å². The molecular weight excluding hydrogens is 348 g/mol. The zero-order valence-electron chi connectivity index (χ0n) is 13.7. The Morgan fingerprint density at radius 3 is 2.54 bits per heavy atom. The quantitative estimate of drug-likeness (QED) is 0.796. The summed E-state index contributed by atoms with van der Waals surface area (Å²) in [6, 6.07) is 9.01. The molecule has 0 aliphatic rings. The summed E-state index contributed by atoms with van der Waals surface area (Å²) in [7, 11) is 1.57. The van der Waals surface area contributed by atoms with Crippen molar-refractivity contribution in [2.45, 2.75) is 20.0 Å². The number of thiophene rings is 1. The van der Waals surface area contributed by atoms with Gasteiger partial charge in [0.25, 0.3) is 0 Å². The third-order valence-electron chi connectivity index (χ3n) is 3.45. The van der Waals surface area contributed by atoms with E-state index in [9.17, 15) is 9.59 Å². The predicted molar refractivity (Wildman–Crippen MR) is 96.6 cm³/mol. The molecule has 0 bridgehead atoms. The van der Waals surface area contributed by atoms with Gasteiger partial charge in [0.1, 0.15) is 6.10 Å². The molecule has 0 spiro atoms. The Morgan fingerprint density at radius 1 is 1.21 bits per heavy atom. The molecule has 1 aromatic heterocycles. The minimum Gasteiger partial charge on any atom is -0.374 e. The van der Waals surface area contributed by atoms with E-state index in [0.717, 1.165) is 15.3 Å². The van der Waals surface area contributed by atoms with Gasteiger partial charge in [0.05, 0.1) is 0 Å². The van der Waals surface area contributed by atoms with Gasteiger partial charge in [-0.2, -0.15) is 0 Å². The van der Waals surface area contributed by atoms with Gasteiger partial charge in [0, 0.05) is 34.1 Å². The van der Waals surface area contributed by atoms with E-state index in [1.807, 2.05) is 26.0 Å². The fourth-order valence-electron chi connectivity index (χ4n) is 2.05. The fraction of sp³-hybridized carbons (Fsp3) is 0.294. The normalized spacial score (nSPS) is 11.8. The second kappa shape index (κ2) is 8.28. The first-order valence-electron chi connectivity index (χ1n) is 7.35. The van der Waals surface area contributed by atoms with Crippen molar-refractivity contribution in [1.29, 1.82) is 0 Å². The molecule has 128 valence electrons. The van der Waals surface area contributed by atoms with Crippen molar-refractivity contribution in [1.82, 2.24) is 5.32 Å². The number of benzene rings is 1. The van der Waals surface area contributed by atoms with Gasteiger partial charge in [0.15, 0.2) is 0 Å². The molecular formula is C17H19ClN2O3S. The minimum atomic E-state index is -0.743. The first-order valence-corrected chi connectivity index (χ1v) is 8.54. The van der Waals surface area contributed by atoms with Crippen LogP contribution in [-0.2, 0) is 14.3 Å². The maximum atomic E-state index is 11.9. The average Bonchev–Trinajstić information content (AvgIpc) is 2.97. The second-order valence-electron chi connectivity index (χ2n) is 5.30. The van der Waals surface area contributed by atoms with Gasteiger partial charge in [-0.25, -0.2) is 0 Å². The first-order chi connectivity index (χ1) is 11.4. The molecule has 0 saturated carbocycles. The van der Waals surface area contributed by atoms with Crippen molar-refractivity contribution < 1.29 is 14.3 Å². The molecule has 24 heavy (non-hydrogen) atoms. The van der Waals surface area contributed by atoms with Gasteiger partial charge in [-0.05, 0) is 43.7 Å². The lowest BCUT2D eigenvalue weighted by atomic mass is 10.2. The van der Waals surface area contributed by atoms with Crippen LogP contribution in [0.25, 0.3) is 0 Å². The van der Waals surface area contributed by atoms with Crippen LogP contribution >= 0.6 is 22.9 Å². The van der Waals surface area contributed by atoms with Gasteiger partial charge in [-0.1, -0.05) is 17.7 Å². The van der Waals surface area contributed by atoms with Crippen LogP contribution in [-0.4, -0.2) is 25.5 Å². The van der Waals surface area contributed by atoms with E-state index in [1.165, 1.54) is 0 Å². The topological polar surface area (TPSA) is 67.4 Å². The number of ether oxygens (including phenoxy) is 1. The number of carbonyl (C=O) groups is 2. The molecule has 1 aromatic carbocycles. The molecule has 2 rings (SSSR count). The molecule has 1 unspecified atom stereocenters. The summed E-state index contributed by atoms with van der Waals surface area (Å²) in [6.45, 7) is 4.08. The molecule has 2 N–H and O–H groups in total. The zero-order valence-corrected chi connectivity index (χ0v) is 15.3. The van der Waals surface area contributed by atoms with Crippen molar-refractivity contribution in [2.75, 3.05) is 19.0 Å². The van der Waals surface area contributed by atoms with E-state index in [0.29, 0.717) is 10.7 Å². The number of aryl methyl sites for hydroxylation is 2. The van der Waals surface area contributed by atoms with E-state index in [4.69, 9.17) is 16.3 Å². The van der Waals surface area contributed by atoms with Crippen LogP contribution in [0.2, 0.25) is 5.02 Å². The summed E-state index contributed by atoms with van der Waals surface area (Å²) < 4.78 is 5.37. The molecule has 2 amide bonds. The third-order valence-corrected chi connectivity index (χ3v) is 4.95. The SMILES string of the molecule is COC(CNC(=O)C(=O)Nc1ccc(C)c(Cl)c1)c1ccc(C)s1. The van der Waals surface area contributed by atoms with Crippen LogP contribution in [0.1, 0.15) is 21.4 Å². The van der Waals surface area contributed by atoms with Crippen LogP contribution in [0.15, 0.2) is 30.3 Å². The Balaban J connectivity index is 1.91. The number of hydrogen-bond acceptors (Lipinski definition) is 4. The molecule has 1 atom stereocenters. The summed E-state index contributed by atoms with van der Waals surface area (Å²) in [5, 5.41) is 5.64. The monoisotopic (exact) mass is 366 g/mol. The Labute approximate surface area is 150 Å². The molecule has 0 radical (unpaired) electrons. The van der Waals surface area contributed by atoms with Crippen molar-refractivity contribution in [3.63, 3.8) is 0 Å². The fourth-order valence-corrected chi connectivity index (χ4v) is 3.19. The Bertz CT molecular complexity index is 745. The number of carbonyl (C=O) groups excluding carboxylic acids is 2. The molecule has 0 aliphatic heterocycles. The van der Waals surface area contributed by atoms with Gasteiger partial charge >= 0.3 is 11.8 Å². The van der Waals surface area contributed by atoms with Crippen LogP contribution < -0.4 is 10.6 Å². The Kier molecular flexibility index (Phi) is 6.36. The number of amides is 2. The number of anilines is 1. The van der Waals surface area contributed by atoms with Crippen LogP contribution in [0, 0.1) is 13.8 Å². The smallest absolute Gasteiger partial charge is 0.313 e. The summed E-state index contributed by atoms with van der Waals surface area (Å²) in [4.78, 5) is 26.1. The number of nitrogens with one attached hydrogen (secondary N) is 2. The van der Waals surface area contributed by atoms with Gasteiger partial charge in [-0.3, -0.25) is 9.59 Å². The standard InChI is InChI=1S/C17H19ClN2O3S/c1-10-4-6-12(8-13(10)18)20-17(22)16(21)19-9-14(23-3)15-7-5-11(2)24-15/h4-8,14H,9H2,1-3H3,(H,19,21)(H,20,22). The number of halogens is 1. The van der Waals surface area contributed by atoms with E-state index in [-0.39, 0.29) is 12.6 Å². The molecule has 0 saturated heterocycles. The summed E-state index contributed by atoms with van der Waals surface area (Å²) in [6.07, 6.45) is -0.283. The number of rotatable bonds is 5. The molecule has 1 heterocycles. The first kappa shape index (κ1) is 18.4. The van der Waals surface area contributed by atoms with E-state index in [2.05, 4.69) is 10.6 Å². The maximum absolute atomic E-state index is 11.9. The Hall–Kier alpha value is -1.89. The number of methoxy groups -OCH3 is 1. The average molecular weight is 367 g/mol. The Morgan fingerprint density at radius 2 is 1.96 bits per heavy atom. The zero-order chi connectivity index (χ0) is 17.7. The molecule has 0 fully saturated rings. The summed E-state index contributed by atoms with van der Waals surface area (Å²) in [5.41, 5.74) is 1.37. The van der Waals surface area contributed by atoms with Gasteiger partial charge in [-0.15, -0.1) is 11.3 Å². The molecule has 5 nitrogen and oxygen atoms in total. The van der Waals surface area contributed by atoms with E-state index >= 15 is 0 Å². The van der Waals surface area contributed by atoms with E-state index in [1.54, 1.807) is 36.6 Å². The summed E-state index contributed by atoms with van der Waals surface area (Å²) >= 11 is 7.60. The minimum absolute atomic E-state index is 0.220. The van der Waals surface area contributed by atoms with Crippen LogP contribution in [0.3, 0.4) is 0 Å². The molecule has 2 aromatic rings. The maximum Gasteiger partial charge on any atom is 0.313 e. The van der Waals surface area contributed by atoms with Crippen molar-refractivity contribution in [3.8, 4) is 0 Å². The second-order valence-corrected chi connectivity index (χ2v) is 7.03. The lowest BCUT2D eigenvalue weighted by Gasteiger charge is -2.14. The predicted octanol–water partition coefficient (Wildman–Crippen LogP) is 3.46. The highest BCUT2D eigenvalue weighted by Crippen LogP contribution is 2.24. The van der Waals surface area contributed by atoms with Crippen molar-refractivity contribution in [3.05, 3.63) is 50.7 Å². The summed E-state index contributed by atoms with van der Waals surface area (Å²) in [5.74, 6) is -1.46. The van der Waals surface area contributed by atoms with Crippen LogP contribution in [0.4, 0.5) is 5.69 Å². The van der Waals surface area contributed by atoms with Gasteiger partial charge < -0.3 is 15.4 Å². The van der Waals surface area contributed by atoms with Crippen molar-refractivity contribution in [2.24, 2.45) is 0 Å². The van der Waals surface area contributed by atoms with E-state index < -0.39 is 11.8 Å².